The smallest absolute Gasteiger partial charge is 0.259 e. The average Bonchev–Trinajstić information content (AvgIpc) is 3.05. The van der Waals surface area contributed by atoms with Gasteiger partial charge in [-0.1, -0.05) is 12.1 Å². The number of hydrogen-bond acceptors (Lipinski definition) is 4. The number of aromatic nitrogens is 2. The van der Waals surface area contributed by atoms with E-state index in [1.807, 2.05) is 18.2 Å². The van der Waals surface area contributed by atoms with Crippen LogP contribution in [0.15, 0.2) is 48.8 Å². The van der Waals surface area contributed by atoms with Gasteiger partial charge in [-0.25, -0.2) is 13.8 Å². The molecule has 0 saturated carbocycles. The molecule has 8 heteroatoms. The summed E-state index contributed by atoms with van der Waals surface area (Å²) < 4.78 is 33.6. The van der Waals surface area contributed by atoms with E-state index in [0.29, 0.717) is 12.3 Å². The fourth-order valence-corrected chi connectivity index (χ4v) is 2.48. The Labute approximate surface area is 153 Å². The molecule has 0 aliphatic carbocycles. The number of carbonyl (C=O) groups is 1. The van der Waals surface area contributed by atoms with Crippen LogP contribution in [0, 0.1) is 23.0 Å². The van der Waals surface area contributed by atoms with E-state index in [0.717, 1.165) is 23.8 Å². The molecule has 0 aliphatic rings. The van der Waals surface area contributed by atoms with Crippen molar-refractivity contribution in [3.8, 4) is 11.8 Å². The maximum atomic E-state index is 13.7. The molecule has 6 nitrogen and oxygen atoms in total. The number of nitriles is 1. The molecule has 0 bridgehead atoms. The Balaban J connectivity index is 1.82. The van der Waals surface area contributed by atoms with E-state index in [2.05, 4.69) is 10.3 Å². The molecule has 0 saturated heterocycles. The third-order valence-corrected chi connectivity index (χ3v) is 3.86. The van der Waals surface area contributed by atoms with Gasteiger partial charge in [0.05, 0.1) is 19.0 Å². The number of hydrogen-bond donors (Lipinski definition) is 1. The molecular weight excluding hydrogens is 354 g/mol. The summed E-state index contributed by atoms with van der Waals surface area (Å²) in [5.74, 6) is -1.83. The molecule has 0 spiro atoms. The summed E-state index contributed by atoms with van der Waals surface area (Å²) in [5.41, 5.74) is 0.512. The summed E-state index contributed by atoms with van der Waals surface area (Å²) in [4.78, 5) is 16.2. The summed E-state index contributed by atoms with van der Waals surface area (Å²) in [6.45, 7) is 0.337. The molecule has 1 aromatic heterocycles. The van der Waals surface area contributed by atoms with Crippen molar-refractivity contribution in [3.05, 3.63) is 77.2 Å². The highest BCUT2D eigenvalue weighted by Gasteiger charge is 2.18. The summed E-state index contributed by atoms with van der Waals surface area (Å²) in [7, 11) is 1.56. The second-order valence-corrected chi connectivity index (χ2v) is 5.61. The predicted octanol–water partition coefficient (Wildman–Crippen LogP) is 3.34. The van der Waals surface area contributed by atoms with E-state index in [1.54, 1.807) is 23.8 Å². The number of halogens is 2. The first-order valence-corrected chi connectivity index (χ1v) is 7.86. The van der Waals surface area contributed by atoms with Crippen molar-refractivity contribution in [2.75, 3.05) is 12.4 Å². The minimum absolute atomic E-state index is 0.0281. The molecule has 3 aromatic rings. The Hall–Kier alpha value is -3.73. The molecule has 0 aliphatic heterocycles. The van der Waals surface area contributed by atoms with E-state index in [1.165, 1.54) is 6.33 Å². The molecule has 27 heavy (non-hydrogen) atoms. The number of ether oxygens (including phenoxy) is 1. The lowest BCUT2D eigenvalue weighted by Gasteiger charge is -2.07. The lowest BCUT2D eigenvalue weighted by atomic mass is 10.2. The standard InChI is InChI=1S/C19H14F2N4O2/c1-27-14-5-2-12(3-6-14)10-25-11-23-18(17(25)9-22)24-19(26)15-8-13(20)4-7-16(15)21/h2-8,11H,10H2,1H3,(H,24,26). The largest absolute Gasteiger partial charge is 0.497 e. The summed E-state index contributed by atoms with van der Waals surface area (Å²) in [6, 6.07) is 11.8. The highest BCUT2D eigenvalue weighted by molar-refractivity contribution is 6.04. The van der Waals surface area contributed by atoms with Crippen LogP contribution in [0.5, 0.6) is 5.75 Å². The van der Waals surface area contributed by atoms with Crippen molar-refractivity contribution in [2.24, 2.45) is 0 Å². The number of methoxy groups -OCH3 is 1. The van der Waals surface area contributed by atoms with Crippen LogP contribution in [0.2, 0.25) is 0 Å². The number of amides is 1. The lowest BCUT2D eigenvalue weighted by molar-refractivity contribution is 0.102. The summed E-state index contributed by atoms with van der Waals surface area (Å²) in [6.07, 6.45) is 1.39. The van der Waals surface area contributed by atoms with E-state index in [4.69, 9.17) is 4.74 Å². The van der Waals surface area contributed by atoms with Gasteiger partial charge in [-0.2, -0.15) is 5.26 Å². The number of imidazole rings is 1. The number of anilines is 1. The Morgan fingerprint density at radius 2 is 2.00 bits per heavy atom. The van der Waals surface area contributed by atoms with Gasteiger partial charge in [-0.3, -0.25) is 4.79 Å². The topological polar surface area (TPSA) is 79.9 Å². The normalized spacial score (nSPS) is 10.3. The highest BCUT2D eigenvalue weighted by atomic mass is 19.1. The SMILES string of the molecule is COc1ccc(Cn2cnc(NC(=O)c3cc(F)ccc3F)c2C#N)cc1. The Bertz CT molecular complexity index is 1020. The zero-order valence-electron chi connectivity index (χ0n) is 14.2. The molecule has 1 amide bonds. The van der Waals surface area contributed by atoms with Crippen molar-refractivity contribution < 1.29 is 18.3 Å². The number of nitrogens with one attached hydrogen (secondary N) is 1. The minimum atomic E-state index is -0.891. The van der Waals surface area contributed by atoms with Crippen LogP contribution in [0.25, 0.3) is 0 Å². The molecule has 1 N–H and O–H groups in total. The third kappa shape index (κ3) is 3.93. The van der Waals surface area contributed by atoms with Crippen molar-refractivity contribution in [2.45, 2.75) is 6.54 Å². The lowest BCUT2D eigenvalue weighted by Crippen LogP contribution is -2.15. The molecule has 0 radical (unpaired) electrons. The van der Waals surface area contributed by atoms with Gasteiger partial charge >= 0.3 is 0 Å². The van der Waals surface area contributed by atoms with Gasteiger partial charge in [0.2, 0.25) is 0 Å². The second kappa shape index (κ2) is 7.66. The average molecular weight is 368 g/mol. The van der Waals surface area contributed by atoms with Crippen LogP contribution in [0.4, 0.5) is 14.6 Å². The number of nitrogens with zero attached hydrogens (tertiary/aromatic N) is 3. The summed E-state index contributed by atoms with van der Waals surface area (Å²) in [5, 5.41) is 11.8. The van der Waals surface area contributed by atoms with Crippen LogP contribution in [-0.4, -0.2) is 22.6 Å². The Morgan fingerprint density at radius 1 is 1.26 bits per heavy atom. The summed E-state index contributed by atoms with van der Waals surface area (Å²) >= 11 is 0. The van der Waals surface area contributed by atoms with Crippen molar-refractivity contribution >= 4 is 11.7 Å². The first-order valence-electron chi connectivity index (χ1n) is 7.86. The highest BCUT2D eigenvalue weighted by Crippen LogP contribution is 2.18. The van der Waals surface area contributed by atoms with Crippen molar-refractivity contribution in [3.63, 3.8) is 0 Å². The molecule has 0 fully saturated rings. The number of benzene rings is 2. The second-order valence-electron chi connectivity index (χ2n) is 5.61. The van der Waals surface area contributed by atoms with Gasteiger partial charge in [-0.15, -0.1) is 0 Å². The fraction of sp³-hybridized carbons (Fsp3) is 0.105. The van der Waals surface area contributed by atoms with Gasteiger partial charge in [-0.05, 0) is 35.9 Å². The molecule has 3 rings (SSSR count). The predicted molar refractivity (Wildman–Crippen MR) is 93.3 cm³/mol. The molecule has 2 aromatic carbocycles. The zero-order valence-corrected chi connectivity index (χ0v) is 14.2. The van der Waals surface area contributed by atoms with Crippen LogP contribution in [0.1, 0.15) is 21.6 Å². The van der Waals surface area contributed by atoms with Gasteiger partial charge < -0.3 is 14.6 Å². The first-order chi connectivity index (χ1) is 13.0. The van der Waals surface area contributed by atoms with Crippen LogP contribution in [-0.2, 0) is 6.54 Å². The van der Waals surface area contributed by atoms with E-state index in [9.17, 15) is 18.8 Å². The van der Waals surface area contributed by atoms with E-state index in [-0.39, 0.29) is 11.5 Å². The number of rotatable bonds is 5. The minimum Gasteiger partial charge on any atom is -0.497 e. The first kappa shape index (κ1) is 18.1. The molecule has 0 unspecified atom stereocenters. The molecular formula is C19H14F2N4O2. The maximum absolute atomic E-state index is 13.7. The Kier molecular flexibility index (Phi) is 5.13. The van der Waals surface area contributed by atoms with E-state index < -0.39 is 23.1 Å². The maximum Gasteiger partial charge on any atom is 0.259 e. The molecule has 1 heterocycles. The van der Waals surface area contributed by atoms with Gasteiger partial charge in [0.15, 0.2) is 11.5 Å². The van der Waals surface area contributed by atoms with Crippen LogP contribution >= 0.6 is 0 Å². The van der Waals surface area contributed by atoms with E-state index >= 15 is 0 Å². The van der Waals surface area contributed by atoms with Crippen LogP contribution in [0.3, 0.4) is 0 Å². The van der Waals surface area contributed by atoms with Gasteiger partial charge in [0, 0.05) is 6.54 Å². The van der Waals surface area contributed by atoms with Gasteiger partial charge in [0.1, 0.15) is 23.5 Å². The van der Waals surface area contributed by atoms with Crippen molar-refractivity contribution in [1.82, 2.24) is 9.55 Å². The zero-order chi connectivity index (χ0) is 19.4. The molecule has 0 atom stereocenters. The van der Waals surface area contributed by atoms with Crippen molar-refractivity contribution in [1.29, 1.82) is 5.26 Å². The Morgan fingerprint density at radius 3 is 2.67 bits per heavy atom. The van der Waals surface area contributed by atoms with Crippen LogP contribution < -0.4 is 10.1 Å². The monoisotopic (exact) mass is 368 g/mol. The fourth-order valence-electron chi connectivity index (χ4n) is 2.48. The van der Waals surface area contributed by atoms with Gasteiger partial charge in [0.25, 0.3) is 5.91 Å². The quantitative estimate of drug-likeness (QED) is 0.749. The number of carbonyl (C=O) groups excluding carboxylic acids is 1. The third-order valence-electron chi connectivity index (χ3n) is 3.86. The molecule has 136 valence electrons.